The van der Waals surface area contributed by atoms with E-state index in [2.05, 4.69) is 11.6 Å². The third-order valence-corrected chi connectivity index (χ3v) is 12.0. The lowest BCUT2D eigenvalue weighted by atomic mass is 9.80. The number of benzene rings is 5. The predicted octanol–water partition coefficient (Wildman–Crippen LogP) is 13.0. The van der Waals surface area contributed by atoms with Crippen LogP contribution in [0.3, 0.4) is 0 Å². The van der Waals surface area contributed by atoms with Crippen LogP contribution < -0.4 is 14.2 Å². The molecular formula is C48H41Cl4FN2O5. The first-order chi connectivity index (χ1) is 29.0. The van der Waals surface area contributed by atoms with Crippen molar-refractivity contribution < 1.29 is 28.1 Å². The molecule has 12 heteroatoms. The van der Waals surface area contributed by atoms with Gasteiger partial charge in [0.05, 0.1) is 49.6 Å². The van der Waals surface area contributed by atoms with Crippen LogP contribution in [0.1, 0.15) is 27.8 Å². The van der Waals surface area contributed by atoms with E-state index < -0.39 is 11.7 Å². The standard InChI is InChI=1S/C48H41Cl4FN2O5/c1-6-26-58-27-38(28-59-48(32-10-8-7-9-11-32,33-14-20-36(56-4)21-15-33)34-16-22-37(57-5)23-17-34)60-45-42(49)29(2)39(30(3)43(45)50)41-40(31-12-18-35(53)19-13-31)47(52)55-25-24-54-46(51)44(41)55/h6-25,38H,1,26-28H2,2-5H3/t38-/m1/s1. The van der Waals surface area contributed by atoms with Gasteiger partial charge in [-0.25, -0.2) is 9.37 Å². The highest BCUT2D eigenvalue weighted by molar-refractivity contribution is 6.40. The minimum Gasteiger partial charge on any atom is -0.497 e. The number of nitrogens with zero attached hydrogens (tertiary/aromatic N) is 2. The van der Waals surface area contributed by atoms with Crippen LogP contribution in [0.4, 0.5) is 4.39 Å². The first-order valence-electron chi connectivity index (χ1n) is 19.0. The van der Waals surface area contributed by atoms with Crippen LogP contribution in [0.2, 0.25) is 20.4 Å². The lowest BCUT2D eigenvalue weighted by molar-refractivity contribution is -0.0523. The zero-order valence-electron chi connectivity index (χ0n) is 33.3. The topological polar surface area (TPSA) is 63.5 Å². The molecule has 7 aromatic rings. The molecular weight excluding hydrogens is 845 g/mol. The zero-order chi connectivity index (χ0) is 42.6. The number of fused-ring (bicyclic) bond motifs is 1. The van der Waals surface area contributed by atoms with Gasteiger partial charge in [0.2, 0.25) is 0 Å². The van der Waals surface area contributed by atoms with E-state index >= 15 is 0 Å². The summed E-state index contributed by atoms with van der Waals surface area (Å²) in [6.07, 6.45) is 4.20. The van der Waals surface area contributed by atoms with Gasteiger partial charge in [0.1, 0.15) is 34.2 Å². The molecule has 7 nitrogen and oxygen atoms in total. The van der Waals surface area contributed by atoms with E-state index in [-0.39, 0.29) is 46.6 Å². The lowest BCUT2D eigenvalue weighted by Gasteiger charge is -2.37. The Kier molecular flexibility index (Phi) is 13.4. The minimum atomic E-state index is -1.14. The Labute approximate surface area is 368 Å². The third kappa shape index (κ3) is 8.20. The van der Waals surface area contributed by atoms with Crippen LogP contribution in [0.25, 0.3) is 27.8 Å². The first kappa shape index (κ1) is 43.0. The maximum Gasteiger partial charge on any atom is 0.157 e. The molecule has 0 aliphatic heterocycles. The van der Waals surface area contributed by atoms with Gasteiger partial charge in [-0.15, -0.1) is 6.58 Å². The van der Waals surface area contributed by atoms with Gasteiger partial charge in [0.15, 0.2) is 10.9 Å². The SMILES string of the molecule is C=CCOC[C@H](COC(c1ccccc1)(c1ccc(OC)cc1)c1ccc(OC)cc1)Oc1c(Cl)c(C)c(-c2c(-c3ccc(F)cc3)c(Cl)n3ccnc(Cl)c23)c(C)c1Cl. The molecule has 0 spiro atoms. The van der Waals surface area contributed by atoms with E-state index in [1.54, 1.807) is 49.2 Å². The smallest absolute Gasteiger partial charge is 0.157 e. The number of hydrogen-bond acceptors (Lipinski definition) is 6. The van der Waals surface area contributed by atoms with Gasteiger partial charge in [-0.1, -0.05) is 119 Å². The van der Waals surface area contributed by atoms with E-state index in [4.69, 9.17) is 70.1 Å². The lowest BCUT2D eigenvalue weighted by Crippen LogP contribution is -2.38. The van der Waals surface area contributed by atoms with Gasteiger partial charge in [-0.2, -0.15) is 0 Å². The number of ether oxygens (including phenoxy) is 5. The summed E-state index contributed by atoms with van der Waals surface area (Å²) in [5.74, 6) is 1.26. The molecule has 0 N–H and O–H groups in total. The molecule has 0 saturated heterocycles. The van der Waals surface area contributed by atoms with Crippen molar-refractivity contribution in [2.45, 2.75) is 25.6 Å². The molecule has 2 heterocycles. The number of hydrogen-bond donors (Lipinski definition) is 0. The molecule has 0 saturated carbocycles. The number of aromatic nitrogens is 2. The average molecular weight is 887 g/mol. The largest absolute Gasteiger partial charge is 0.497 e. The Morgan fingerprint density at radius 2 is 1.30 bits per heavy atom. The molecule has 2 aromatic heterocycles. The fraction of sp³-hybridized carbons (Fsp3) is 0.188. The van der Waals surface area contributed by atoms with Crippen LogP contribution in [0, 0.1) is 19.7 Å². The van der Waals surface area contributed by atoms with Crippen molar-refractivity contribution in [1.82, 2.24) is 9.38 Å². The molecule has 7 rings (SSSR count). The second-order valence-electron chi connectivity index (χ2n) is 13.9. The van der Waals surface area contributed by atoms with Crippen LogP contribution in [-0.4, -0.2) is 49.5 Å². The molecule has 0 radical (unpaired) electrons. The molecule has 5 aromatic carbocycles. The molecule has 0 unspecified atom stereocenters. The molecule has 0 bridgehead atoms. The van der Waals surface area contributed by atoms with E-state index in [1.165, 1.54) is 12.1 Å². The molecule has 60 heavy (non-hydrogen) atoms. The Balaban J connectivity index is 1.35. The monoisotopic (exact) mass is 884 g/mol. The van der Waals surface area contributed by atoms with Crippen molar-refractivity contribution >= 4 is 51.9 Å². The highest BCUT2D eigenvalue weighted by Gasteiger charge is 2.39. The molecule has 0 aliphatic rings. The second kappa shape index (κ2) is 18.7. The fourth-order valence-corrected chi connectivity index (χ4v) is 8.63. The maximum absolute atomic E-state index is 14.2. The van der Waals surface area contributed by atoms with Crippen molar-refractivity contribution in [1.29, 1.82) is 0 Å². The molecule has 0 aliphatic carbocycles. The summed E-state index contributed by atoms with van der Waals surface area (Å²) in [6.45, 7) is 7.96. The quantitative estimate of drug-likeness (QED) is 0.0547. The average Bonchev–Trinajstić information content (AvgIpc) is 3.57. The first-order valence-corrected chi connectivity index (χ1v) is 20.5. The van der Waals surface area contributed by atoms with Crippen molar-refractivity contribution in [2.75, 3.05) is 34.0 Å². The molecule has 308 valence electrons. The van der Waals surface area contributed by atoms with Crippen molar-refractivity contribution in [3.63, 3.8) is 0 Å². The Bertz CT molecular complexity index is 2540. The van der Waals surface area contributed by atoms with Crippen molar-refractivity contribution in [3.8, 4) is 39.5 Å². The van der Waals surface area contributed by atoms with Crippen LogP contribution in [-0.2, 0) is 15.1 Å². The van der Waals surface area contributed by atoms with E-state index in [0.29, 0.717) is 55.5 Å². The Morgan fingerprint density at radius 1 is 0.733 bits per heavy atom. The maximum atomic E-state index is 14.2. The van der Waals surface area contributed by atoms with Gasteiger partial charge in [0, 0.05) is 23.5 Å². The van der Waals surface area contributed by atoms with E-state index in [9.17, 15) is 4.39 Å². The highest BCUT2D eigenvalue weighted by Crippen LogP contribution is 2.52. The van der Waals surface area contributed by atoms with E-state index in [1.807, 2.05) is 92.7 Å². The normalized spacial score (nSPS) is 12.1. The summed E-state index contributed by atoms with van der Waals surface area (Å²) >= 11 is 28.5. The summed E-state index contributed by atoms with van der Waals surface area (Å²) in [7, 11) is 3.26. The summed E-state index contributed by atoms with van der Waals surface area (Å²) in [6, 6.07) is 31.6. The number of rotatable bonds is 16. The Hall–Kier alpha value is -5.06. The van der Waals surface area contributed by atoms with Crippen molar-refractivity contribution in [3.05, 3.63) is 182 Å². The summed E-state index contributed by atoms with van der Waals surface area (Å²) in [5.41, 5.74) is 5.84. The summed E-state index contributed by atoms with van der Waals surface area (Å²) < 4.78 is 47.0. The van der Waals surface area contributed by atoms with E-state index in [0.717, 1.165) is 16.7 Å². The summed E-state index contributed by atoms with van der Waals surface area (Å²) in [5, 5.41) is 1.08. The minimum absolute atomic E-state index is 0.0202. The molecule has 0 amide bonds. The fourth-order valence-electron chi connectivity index (χ4n) is 7.53. The third-order valence-electron chi connectivity index (χ3n) is 10.4. The van der Waals surface area contributed by atoms with Gasteiger partial charge < -0.3 is 28.1 Å². The summed E-state index contributed by atoms with van der Waals surface area (Å²) in [4.78, 5) is 4.36. The highest BCUT2D eigenvalue weighted by atomic mass is 35.5. The van der Waals surface area contributed by atoms with Gasteiger partial charge >= 0.3 is 0 Å². The van der Waals surface area contributed by atoms with Crippen LogP contribution in [0.5, 0.6) is 17.2 Å². The number of methoxy groups -OCH3 is 2. The molecule has 1 atom stereocenters. The molecule has 0 fully saturated rings. The van der Waals surface area contributed by atoms with Crippen molar-refractivity contribution in [2.24, 2.45) is 0 Å². The van der Waals surface area contributed by atoms with Gasteiger partial charge in [0.25, 0.3) is 0 Å². The zero-order valence-corrected chi connectivity index (χ0v) is 36.3. The van der Waals surface area contributed by atoms with Crippen LogP contribution >= 0.6 is 46.4 Å². The van der Waals surface area contributed by atoms with Gasteiger partial charge in [-0.05, 0) is 89.2 Å². The second-order valence-corrected chi connectivity index (χ2v) is 15.4. The Morgan fingerprint density at radius 3 is 1.85 bits per heavy atom. The van der Waals surface area contributed by atoms with Crippen LogP contribution in [0.15, 0.2) is 128 Å². The number of halogens is 5. The predicted molar refractivity (Wildman–Crippen MR) is 239 cm³/mol. The van der Waals surface area contributed by atoms with Gasteiger partial charge in [-0.3, -0.25) is 0 Å².